The van der Waals surface area contributed by atoms with Crippen LogP contribution >= 0.6 is 0 Å². The summed E-state index contributed by atoms with van der Waals surface area (Å²) in [6.07, 6.45) is 0. The summed E-state index contributed by atoms with van der Waals surface area (Å²) in [5.41, 5.74) is 14.3. The Balaban J connectivity index is 1.69. The molecule has 4 rings (SSSR count). The number of nitrogens with zero attached hydrogens (tertiary/aromatic N) is 3. The Kier molecular flexibility index (Phi) is 10.8. The van der Waals surface area contributed by atoms with E-state index in [2.05, 4.69) is 52.2 Å². The largest absolute Gasteiger partial charge is 0.411 e. The second-order valence-electron chi connectivity index (χ2n) is 11.2. The Bertz CT molecular complexity index is 1540. The lowest BCUT2D eigenvalue weighted by molar-refractivity contribution is 0.319. The standard InChI is InChI=1S/C36H42N6O3/c1-22-34(19-37-31-13-7-10-28(16-31)25(4)40-43)23(2)36(21-39-33-15-9-12-30(18-33)27(6)42-45)24(3)35(22)20-38-32-14-8-11-29(17-32)26(5)41-44/h7-18,37-39,43-45H,19-21H2,1-6H3/b40-25+,41-26+,42-27+. The topological polar surface area (TPSA) is 134 Å². The van der Waals surface area contributed by atoms with Gasteiger partial charge in [0.25, 0.3) is 0 Å². The van der Waals surface area contributed by atoms with E-state index in [4.69, 9.17) is 0 Å². The summed E-state index contributed by atoms with van der Waals surface area (Å²) in [6, 6.07) is 23.6. The Hall–Kier alpha value is -5.31. The maximum Gasteiger partial charge on any atom is 0.0837 e. The second kappa shape index (κ2) is 14.9. The van der Waals surface area contributed by atoms with Crippen molar-refractivity contribution in [1.82, 2.24) is 0 Å². The Labute approximate surface area is 265 Å². The maximum absolute atomic E-state index is 9.24. The van der Waals surface area contributed by atoms with Gasteiger partial charge in [0.2, 0.25) is 0 Å². The van der Waals surface area contributed by atoms with Crippen LogP contribution in [-0.2, 0) is 19.6 Å². The van der Waals surface area contributed by atoms with Gasteiger partial charge < -0.3 is 31.6 Å². The molecular formula is C36H42N6O3. The fourth-order valence-corrected chi connectivity index (χ4v) is 5.49. The van der Waals surface area contributed by atoms with Crippen LogP contribution in [0.4, 0.5) is 17.1 Å². The molecule has 0 fully saturated rings. The van der Waals surface area contributed by atoms with Crippen LogP contribution in [0.5, 0.6) is 0 Å². The molecule has 0 spiro atoms. The minimum atomic E-state index is 0.553. The van der Waals surface area contributed by atoms with E-state index in [-0.39, 0.29) is 0 Å². The van der Waals surface area contributed by atoms with Crippen molar-refractivity contribution in [1.29, 1.82) is 0 Å². The van der Waals surface area contributed by atoms with E-state index < -0.39 is 0 Å². The van der Waals surface area contributed by atoms with E-state index in [9.17, 15) is 15.6 Å². The predicted octanol–water partition coefficient (Wildman–Crippen LogP) is 8.04. The van der Waals surface area contributed by atoms with Crippen molar-refractivity contribution in [2.24, 2.45) is 15.5 Å². The van der Waals surface area contributed by atoms with Gasteiger partial charge in [-0.15, -0.1) is 0 Å². The van der Waals surface area contributed by atoms with Crippen molar-refractivity contribution in [2.75, 3.05) is 16.0 Å². The number of hydrogen-bond acceptors (Lipinski definition) is 9. The molecule has 0 aliphatic carbocycles. The van der Waals surface area contributed by atoms with Gasteiger partial charge in [-0.1, -0.05) is 51.9 Å². The average Bonchev–Trinajstić information content (AvgIpc) is 3.07. The van der Waals surface area contributed by atoms with Crippen LogP contribution in [0.1, 0.15) is 70.8 Å². The molecule has 0 saturated heterocycles. The van der Waals surface area contributed by atoms with Crippen molar-refractivity contribution < 1.29 is 15.6 Å². The van der Waals surface area contributed by atoms with Gasteiger partial charge in [-0.2, -0.15) is 0 Å². The molecule has 9 nitrogen and oxygen atoms in total. The first-order chi connectivity index (χ1) is 21.7. The minimum Gasteiger partial charge on any atom is -0.411 e. The lowest BCUT2D eigenvalue weighted by atomic mass is 9.87. The van der Waals surface area contributed by atoms with Crippen LogP contribution in [0.2, 0.25) is 0 Å². The molecule has 0 unspecified atom stereocenters. The summed E-state index contributed by atoms with van der Waals surface area (Å²) in [6.45, 7) is 13.7. The highest BCUT2D eigenvalue weighted by Gasteiger charge is 2.18. The van der Waals surface area contributed by atoms with Crippen LogP contribution in [-0.4, -0.2) is 32.8 Å². The molecule has 9 heteroatoms. The van der Waals surface area contributed by atoms with Gasteiger partial charge >= 0.3 is 0 Å². The van der Waals surface area contributed by atoms with Crippen molar-refractivity contribution in [3.63, 3.8) is 0 Å². The van der Waals surface area contributed by atoms with Gasteiger partial charge in [0, 0.05) is 53.4 Å². The quantitative estimate of drug-likeness (QED) is 0.0549. The van der Waals surface area contributed by atoms with Gasteiger partial charge in [0.05, 0.1) is 17.1 Å². The monoisotopic (exact) mass is 606 g/mol. The zero-order valence-electron chi connectivity index (χ0n) is 26.7. The van der Waals surface area contributed by atoms with Gasteiger partial charge in [-0.3, -0.25) is 0 Å². The van der Waals surface area contributed by atoms with Crippen LogP contribution in [0, 0.1) is 20.8 Å². The minimum absolute atomic E-state index is 0.553. The molecule has 0 amide bonds. The van der Waals surface area contributed by atoms with Crippen LogP contribution in [0.15, 0.2) is 88.3 Å². The van der Waals surface area contributed by atoms with Crippen molar-refractivity contribution in [3.05, 3.63) is 123 Å². The number of anilines is 3. The molecular weight excluding hydrogens is 564 g/mol. The third-order valence-corrected chi connectivity index (χ3v) is 8.41. The molecule has 234 valence electrons. The first-order valence-corrected chi connectivity index (χ1v) is 14.9. The first kappa shape index (κ1) is 32.6. The molecule has 4 aromatic rings. The van der Waals surface area contributed by atoms with Gasteiger partial charge in [0.15, 0.2) is 0 Å². The van der Waals surface area contributed by atoms with E-state index in [0.717, 1.165) is 33.8 Å². The fourth-order valence-electron chi connectivity index (χ4n) is 5.49. The summed E-state index contributed by atoms with van der Waals surface area (Å²) in [7, 11) is 0. The summed E-state index contributed by atoms with van der Waals surface area (Å²) >= 11 is 0. The molecule has 0 saturated carbocycles. The number of benzene rings is 4. The lowest BCUT2D eigenvalue weighted by Crippen LogP contribution is -2.15. The molecule has 0 heterocycles. The van der Waals surface area contributed by atoms with E-state index >= 15 is 0 Å². The Morgan fingerprint density at radius 2 is 0.756 bits per heavy atom. The number of nitrogens with one attached hydrogen (secondary N) is 3. The molecule has 4 aromatic carbocycles. The third-order valence-electron chi connectivity index (χ3n) is 8.41. The van der Waals surface area contributed by atoms with Gasteiger partial charge in [-0.25, -0.2) is 0 Å². The molecule has 45 heavy (non-hydrogen) atoms. The smallest absolute Gasteiger partial charge is 0.0837 e. The lowest BCUT2D eigenvalue weighted by Gasteiger charge is -2.24. The molecule has 0 aliphatic rings. The SMILES string of the molecule is C/C(=N\O)c1cccc(NCc2c(C)c(CNc3cccc(/C(C)=N/O)c3)c(C)c(CNc3cccc(/C(C)=N/O)c3)c2C)c1. The summed E-state index contributed by atoms with van der Waals surface area (Å²) in [4.78, 5) is 0. The van der Waals surface area contributed by atoms with Crippen LogP contribution in [0.3, 0.4) is 0 Å². The van der Waals surface area contributed by atoms with E-state index in [1.165, 1.54) is 33.4 Å². The van der Waals surface area contributed by atoms with E-state index in [1.807, 2.05) is 72.8 Å². The normalized spacial score (nSPS) is 12.3. The highest BCUT2D eigenvalue weighted by atomic mass is 16.4. The Morgan fingerprint density at radius 3 is 1.00 bits per heavy atom. The molecule has 0 aliphatic heterocycles. The predicted molar refractivity (Wildman–Crippen MR) is 184 cm³/mol. The van der Waals surface area contributed by atoms with E-state index in [1.54, 1.807) is 20.8 Å². The summed E-state index contributed by atoms with van der Waals surface area (Å²) in [5.74, 6) is 0. The molecule has 0 atom stereocenters. The Morgan fingerprint density at radius 1 is 0.489 bits per heavy atom. The number of rotatable bonds is 12. The number of hydrogen-bond donors (Lipinski definition) is 6. The van der Waals surface area contributed by atoms with E-state index in [0.29, 0.717) is 36.8 Å². The van der Waals surface area contributed by atoms with Crippen molar-refractivity contribution >= 4 is 34.2 Å². The third kappa shape index (κ3) is 7.80. The highest BCUT2D eigenvalue weighted by Crippen LogP contribution is 2.30. The van der Waals surface area contributed by atoms with Crippen LogP contribution in [0.25, 0.3) is 0 Å². The first-order valence-electron chi connectivity index (χ1n) is 14.9. The highest BCUT2D eigenvalue weighted by molar-refractivity contribution is 6.00. The average molecular weight is 607 g/mol. The molecule has 0 bridgehead atoms. The molecule has 6 N–H and O–H groups in total. The fraction of sp³-hybridized carbons (Fsp3) is 0.250. The molecule has 0 radical (unpaired) electrons. The van der Waals surface area contributed by atoms with Gasteiger partial charge in [0.1, 0.15) is 0 Å². The number of oxime groups is 3. The summed E-state index contributed by atoms with van der Waals surface area (Å²) < 4.78 is 0. The summed E-state index contributed by atoms with van der Waals surface area (Å²) in [5, 5.41) is 48.5. The van der Waals surface area contributed by atoms with Gasteiger partial charge in [-0.05, 0) is 111 Å². The second-order valence-corrected chi connectivity index (χ2v) is 11.2. The van der Waals surface area contributed by atoms with Crippen molar-refractivity contribution in [2.45, 2.75) is 61.2 Å². The zero-order valence-corrected chi connectivity index (χ0v) is 26.7. The maximum atomic E-state index is 9.24. The van der Waals surface area contributed by atoms with Crippen LogP contribution < -0.4 is 16.0 Å². The van der Waals surface area contributed by atoms with Crippen molar-refractivity contribution in [3.8, 4) is 0 Å². The zero-order chi connectivity index (χ0) is 32.5. The molecule has 0 aromatic heterocycles.